The highest BCUT2D eigenvalue weighted by atomic mass is 32.2. The highest BCUT2D eigenvalue weighted by Crippen LogP contribution is 2.37. The van der Waals surface area contributed by atoms with Crippen LogP contribution in [0.4, 0.5) is 10.5 Å². The molecule has 0 bridgehead atoms. The molecule has 8 heteroatoms. The maximum atomic E-state index is 12.3. The minimum Gasteiger partial charge on any atom is -0.443 e. The van der Waals surface area contributed by atoms with Crippen LogP contribution in [0.1, 0.15) is 0 Å². The molecule has 3 aliphatic rings. The van der Waals surface area contributed by atoms with Crippen LogP contribution in [0.15, 0.2) is 29.2 Å². The Morgan fingerprint density at radius 1 is 1.30 bits per heavy atom. The van der Waals surface area contributed by atoms with E-state index < -0.39 is 11.5 Å². The Labute approximate surface area is 138 Å². The monoisotopic (exact) mass is 334 g/mol. The summed E-state index contributed by atoms with van der Waals surface area (Å²) in [6.07, 6.45) is -0.635. The molecule has 2 fully saturated rings. The highest BCUT2D eigenvalue weighted by molar-refractivity contribution is 8.00. The summed E-state index contributed by atoms with van der Waals surface area (Å²) < 4.78 is 5.39. The number of fused-ring (bicyclic) bond motifs is 1. The predicted molar refractivity (Wildman–Crippen MR) is 86.4 cm³/mol. The molecule has 7 nitrogen and oxygen atoms in total. The fourth-order valence-corrected chi connectivity index (χ4v) is 3.93. The Kier molecular flexibility index (Phi) is 3.88. The lowest BCUT2D eigenvalue weighted by molar-refractivity contribution is -0.117. The van der Waals surface area contributed by atoms with Crippen molar-refractivity contribution in [2.24, 2.45) is 0 Å². The minimum atomic E-state index is -0.576. The quantitative estimate of drug-likeness (QED) is 0.741. The van der Waals surface area contributed by atoms with Gasteiger partial charge in [0.1, 0.15) is 6.10 Å². The van der Waals surface area contributed by atoms with Crippen molar-refractivity contribution < 1.29 is 14.3 Å². The lowest BCUT2D eigenvalue weighted by atomic mass is 10.2. The van der Waals surface area contributed by atoms with Gasteiger partial charge in [-0.1, -0.05) is 23.9 Å². The Morgan fingerprint density at radius 3 is 2.91 bits per heavy atom. The second-order valence-corrected chi connectivity index (χ2v) is 7.00. The summed E-state index contributed by atoms with van der Waals surface area (Å²) in [6, 6.07) is 8.04. The number of hydrogen-bond acceptors (Lipinski definition) is 6. The molecule has 1 aromatic carbocycles. The summed E-state index contributed by atoms with van der Waals surface area (Å²) in [5, 5.41) is 8.82. The zero-order valence-electron chi connectivity index (χ0n) is 12.5. The number of thioether (sulfide) groups is 1. The average Bonchev–Trinajstić information content (AvgIpc) is 2.86. The van der Waals surface area contributed by atoms with Gasteiger partial charge < -0.3 is 20.7 Å². The van der Waals surface area contributed by atoms with Gasteiger partial charge in [-0.05, 0) is 12.1 Å². The van der Waals surface area contributed by atoms with Crippen LogP contribution in [-0.4, -0.2) is 60.6 Å². The molecule has 0 saturated carbocycles. The summed E-state index contributed by atoms with van der Waals surface area (Å²) >= 11 is 1.39. The second kappa shape index (κ2) is 6.03. The second-order valence-electron chi connectivity index (χ2n) is 5.88. The van der Waals surface area contributed by atoms with E-state index in [0.29, 0.717) is 19.1 Å². The van der Waals surface area contributed by atoms with Crippen molar-refractivity contribution in [1.82, 2.24) is 15.5 Å². The van der Waals surface area contributed by atoms with E-state index in [1.807, 2.05) is 24.3 Å². The molecule has 1 unspecified atom stereocenters. The third kappa shape index (κ3) is 2.89. The number of rotatable bonds is 4. The maximum absolute atomic E-state index is 12.3. The molecule has 0 aromatic heterocycles. The van der Waals surface area contributed by atoms with Gasteiger partial charge in [0.2, 0.25) is 0 Å². The van der Waals surface area contributed by atoms with Crippen molar-refractivity contribution >= 4 is 29.4 Å². The van der Waals surface area contributed by atoms with Gasteiger partial charge in [-0.15, -0.1) is 0 Å². The fraction of sp³-hybridized carbons (Fsp3) is 0.467. The van der Waals surface area contributed by atoms with Crippen molar-refractivity contribution in [3.05, 3.63) is 24.3 Å². The van der Waals surface area contributed by atoms with E-state index in [1.165, 1.54) is 16.7 Å². The van der Waals surface area contributed by atoms with Crippen molar-refractivity contribution in [3.8, 4) is 0 Å². The van der Waals surface area contributed by atoms with Crippen LogP contribution in [0.25, 0.3) is 0 Å². The molecule has 4 rings (SSSR count). The average molecular weight is 334 g/mol. The normalized spacial score (nSPS) is 27.2. The zero-order valence-corrected chi connectivity index (χ0v) is 13.3. The first-order valence-electron chi connectivity index (χ1n) is 7.68. The van der Waals surface area contributed by atoms with E-state index in [-0.39, 0.29) is 12.0 Å². The molecule has 122 valence electrons. The van der Waals surface area contributed by atoms with E-state index in [1.54, 1.807) is 0 Å². The molecule has 2 atom stereocenters. The fourth-order valence-electron chi connectivity index (χ4n) is 2.82. The molecule has 2 amide bonds. The first-order chi connectivity index (χ1) is 11.2. The number of anilines is 1. The van der Waals surface area contributed by atoms with Crippen molar-refractivity contribution in [2.75, 3.05) is 31.5 Å². The molecular weight excluding hydrogens is 316 g/mol. The van der Waals surface area contributed by atoms with Crippen LogP contribution < -0.4 is 16.0 Å². The lowest BCUT2D eigenvalue weighted by Gasteiger charge is -2.30. The van der Waals surface area contributed by atoms with Gasteiger partial charge in [-0.3, -0.25) is 9.69 Å². The Bertz CT molecular complexity index is 637. The number of hydrogen-bond donors (Lipinski definition) is 3. The van der Waals surface area contributed by atoms with Crippen LogP contribution in [0, 0.1) is 0 Å². The topological polar surface area (TPSA) is 82.7 Å². The van der Waals surface area contributed by atoms with Crippen LogP contribution in [0.2, 0.25) is 0 Å². The smallest absolute Gasteiger partial charge is 0.411 e. The van der Waals surface area contributed by atoms with E-state index >= 15 is 0 Å². The number of benzene rings is 1. The van der Waals surface area contributed by atoms with E-state index in [4.69, 9.17) is 4.74 Å². The number of nitrogens with zero attached hydrogens (tertiary/aromatic N) is 1. The Hall–Kier alpha value is -1.77. The summed E-state index contributed by atoms with van der Waals surface area (Å²) in [6.45, 7) is 2.94. The van der Waals surface area contributed by atoms with E-state index in [9.17, 15) is 9.59 Å². The zero-order chi connectivity index (χ0) is 15.8. The Morgan fingerprint density at radius 2 is 2.13 bits per heavy atom. The number of carbonyl (C=O) groups excluding carboxylic acids is 2. The third-order valence-electron chi connectivity index (χ3n) is 4.21. The number of nitrogens with one attached hydrogen (secondary N) is 3. The number of amides is 2. The molecule has 0 aliphatic carbocycles. The van der Waals surface area contributed by atoms with Crippen LogP contribution in [-0.2, 0) is 9.53 Å². The highest BCUT2D eigenvalue weighted by Gasteiger charge is 2.42. The molecular formula is C15H18N4O3S. The largest absolute Gasteiger partial charge is 0.443 e. The summed E-state index contributed by atoms with van der Waals surface area (Å²) in [5.41, 5.74) is 0.794. The molecule has 0 radical (unpaired) electrons. The van der Waals surface area contributed by atoms with Gasteiger partial charge in [0, 0.05) is 30.6 Å². The van der Waals surface area contributed by atoms with Crippen molar-refractivity contribution in [3.63, 3.8) is 0 Å². The summed E-state index contributed by atoms with van der Waals surface area (Å²) in [7, 11) is 0. The van der Waals surface area contributed by atoms with Gasteiger partial charge in [0.25, 0.3) is 5.91 Å². The number of para-hydroxylation sites is 1. The molecule has 1 aromatic rings. The van der Waals surface area contributed by atoms with Gasteiger partial charge in [-0.2, -0.15) is 0 Å². The number of ether oxygens (including phenoxy) is 1. The van der Waals surface area contributed by atoms with Gasteiger partial charge >= 0.3 is 6.09 Å². The standard InChI is InChI=1S/C15H18N4O3S/c20-13-14(23-12-4-2-1-3-11(12)18-13)19-8-10(22-15(19)21)7-17-9-5-16-6-9/h1-4,9-10,14,16-17H,5-8H2,(H,18,20)/t10-,14?/m1/s1. The van der Waals surface area contributed by atoms with Crippen LogP contribution in [0.5, 0.6) is 0 Å². The van der Waals surface area contributed by atoms with E-state index in [0.717, 1.165) is 23.7 Å². The summed E-state index contributed by atoms with van der Waals surface area (Å²) in [5.74, 6) is -0.178. The Balaban J connectivity index is 1.41. The van der Waals surface area contributed by atoms with Crippen LogP contribution >= 0.6 is 11.8 Å². The van der Waals surface area contributed by atoms with E-state index in [2.05, 4.69) is 16.0 Å². The predicted octanol–water partition coefficient (Wildman–Crippen LogP) is 0.439. The maximum Gasteiger partial charge on any atom is 0.411 e. The number of carbonyl (C=O) groups is 2. The molecule has 3 N–H and O–H groups in total. The van der Waals surface area contributed by atoms with Crippen molar-refractivity contribution in [2.45, 2.75) is 22.4 Å². The molecule has 2 saturated heterocycles. The minimum absolute atomic E-state index is 0.178. The SMILES string of the molecule is O=C1Nc2ccccc2SC1N1C[C@@H](CNC2CNC2)OC1=O. The molecule has 3 heterocycles. The molecule has 0 spiro atoms. The van der Waals surface area contributed by atoms with Crippen molar-refractivity contribution in [1.29, 1.82) is 0 Å². The first kappa shape index (κ1) is 14.8. The van der Waals surface area contributed by atoms with Gasteiger partial charge in [-0.25, -0.2) is 4.79 Å². The molecule has 23 heavy (non-hydrogen) atoms. The lowest BCUT2D eigenvalue weighted by Crippen LogP contribution is -2.56. The van der Waals surface area contributed by atoms with Gasteiger partial charge in [0.05, 0.1) is 12.2 Å². The van der Waals surface area contributed by atoms with Gasteiger partial charge in [0.15, 0.2) is 5.37 Å². The van der Waals surface area contributed by atoms with Crippen LogP contribution in [0.3, 0.4) is 0 Å². The number of cyclic esters (lactones) is 1. The molecule has 3 aliphatic heterocycles. The first-order valence-corrected chi connectivity index (χ1v) is 8.56. The third-order valence-corrected chi connectivity index (χ3v) is 5.51. The summed E-state index contributed by atoms with van der Waals surface area (Å²) in [4.78, 5) is 26.9.